The number of imide groups is 1. The van der Waals surface area contributed by atoms with Crippen LogP contribution in [0.2, 0.25) is 0 Å². The molecule has 7 heteroatoms. The lowest BCUT2D eigenvalue weighted by atomic mass is 10.2. The van der Waals surface area contributed by atoms with Crippen molar-refractivity contribution >= 4 is 62.9 Å². The van der Waals surface area contributed by atoms with E-state index in [-0.39, 0.29) is 17.8 Å². The van der Waals surface area contributed by atoms with Crippen molar-refractivity contribution < 1.29 is 9.59 Å². The van der Waals surface area contributed by atoms with Crippen LogP contribution in [0.15, 0.2) is 53.4 Å². The molecular formula is C19H18IN3O2S. The number of benzene rings is 2. The van der Waals surface area contributed by atoms with Crippen molar-refractivity contribution in [2.45, 2.75) is 0 Å². The highest BCUT2D eigenvalue weighted by Crippen LogP contribution is 2.32. The van der Waals surface area contributed by atoms with Gasteiger partial charge in [-0.2, -0.15) is 0 Å². The molecule has 3 rings (SSSR count). The van der Waals surface area contributed by atoms with Crippen LogP contribution < -0.4 is 10.2 Å². The van der Waals surface area contributed by atoms with Crippen LogP contribution in [-0.4, -0.2) is 36.8 Å². The number of halogens is 1. The molecule has 0 radical (unpaired) electrons. The Morgan fingerprint density at radius 3 is 2.35 bits per heavy atom. The molecule has 1 aliphatic rings. The summed E-state index contributed by atoms with van der Waals surface area (Å²) in [5.41, 5.74) is 2.84. The van der Waals surface area contributed by atoms with Crippen LogP contribution in [0, 0.1) is 3.57 Å². The van der Waals surface area contributed by atoms with Crippen LogP contribution in [0.5, 0.6) is 0 Å². The van der Waals surface area contributed by atoms with Crippen molar-refractivity contribution in [3.63, 3.8) is 0 Å². The van der Waals surface area contributed by atoms with Crippen LogP contribution in [0.4, 0.5) is 16.2 Å². The molecule has 0 aromatic heterocycles. The van der Waals surface area contributed by atoms with Crippen LogP contribution in [0.1, 0.15) is 5.56 Å². The second-order valence-electron chi connectivity index (χ2n) is 5.94. The Kier molecular flexibility index (Phi) is 5.87. The Morgan fingerprint density at radius 2 is 1.73 bits per heavy atom. The molecule has 1 heterocycles. The molecule has 1 fully saturated rings. The fourth-order valence-corrected chi connectivity index (χ4v) is 3.59. The minimum atomic E-state index is -0.269. The van der Waals surface area contributed by atoms with Crippen molar-refractivity contribution in [1.29, 1.82) is 0 Å². The molecule has 1 saturated heterocycles. The third-order valence-electron chi connectivity index (χ3n) is 3.87. The predicted octanol–water partition coefficient (Wildman–Crippen LogP) is 4.46. The second-order valence-corrected chi connectivity index (χ2v) is 8.18. The highest BCUT2D eigenvalue weighted by molar-refractivity contribution is 14.1. The minimum absolute atomic E-state index is 0.155. The van der Waals surface area contributed by atoms with Crippen molar-refractivity contribution in [2.75, 3.05) is 31.0 Å². The van der Waals surface area contributed by atoms with Gasteiger partial charge in [0.2, 0.25) is 0 Å². The monoisotopic (exact) mass is 479 g/mol. The maximum absolute atomic E-state index is 12.5. The van der Waals surface area contributed by atoms with Crippen LogP contribution in [0.3, 0.4) is 0 Å². The van der Waals surface area contributed by atoms with Gasteiger partial charge in [-0.05, 0) is 82.4 Å². The molecule has 0 unspecified atom stereocenters. The first kappa shape index (κ1) is 18.8. The van der Waals surface area contributed by atoms with E-state index in [1.165, 1.54) is 4.90 Å². The van der Waals surface area contributed by atoms with Gasteiger partial charge in [0.25, 0.3) is 11.1 Å². The number of anilines is 2. The van der Waals surface area contributed by atoms with Crippen LogP contribution in [-0.2, 0) is 4.79 Å². The van der Waals surface area contributed by atoms with Gasteiger partial charge in [0.1, 0.15) is 0 Å². The van der Waals surface area contributed by atoms with Gasteiger partial charge < -0.3 is 10.2 Å². The summed E-state index contributed by atoms with van der Waals surface area (Å²) < 4.78 is 1.13. The summed E-state index contributed by atoms with van der Waals surface area (Å²) in [5.74, 6) is -0.269. The number of carbonyl (C=O) groups is 2. The lowest BCUT2D eigenvalue weighted by molar-refractivity contribution is -0.122. The second kappa shape index (κ2) is 8.13. The third kappa shape index (κ3) is 4.39. The summed E-state index contributed by atoms with van der Waals surface area (Å²) in [6.07, 6.45) is 1.76. The first-order valence-electron chi connectivity index (χ1n) is 7.96. The molecule has 0 bridgehead atoms. The van der Waals surface area contributed by atoms with E-state index >= 15 is 0 Å². The van der Waals surface area contributed by atoms with E-state index in [1.807, 2.05) is 67.5 Å². The van der Waals surface area contributed by atoms with Gasteiger partial charge in [-0.1, -0.05) is 12.1 Å². The van der Waals surface area contributed by atoms with Crippen molar-refractivity contribution in [2.24, 2.45) is 0 Å². The van der Waals surface area contributed by atoms with Crippen molar-refractivity contribution in [3.05, 3.63) is 62.6 Å². The summed E-state index contributed by atoms with van der Waals surface area (Å²) in [7, 11) is 3.95. The summed E-state index contributed by atoms with van der Waals surface area (Å²) >= 11 is 3.20. The van der Waals surface area contributed by atoms with Gasteiger partial charge in [0, 0.05) is 29.0 Å². The Hall–Kier alpha value is -2.00. The van der Waals surface area contributed by atoms with Gasteiger partial charge in [-0.15, -0.1) is 0 Å². The SMILES string of the molecule is CN(C)c1ccc(/C=C2\SC(=O)N(CNc3ccc(I)cc3)C2=O)cc1. The van der Waals surface area contributed by atoms with Crippen molar-refractivity contribution in [1.82, 2.24) is 4.90 Å². The van der Waals surface area contributed by atoms with E-state index in [1.54, 1.807) is 6.08 Å². The third-order valence-corrected chi connectivity index (χ3v) is 5.49. The molecule has 1 aliphatic heterocycles. The molecule has 0 saturated carbocycles. The van der Waals surface area contributed by atoms with Gasteiger partial charge >= 0.3 is 0 Å². The Morgan fingerprint density at radius 1 is 1.08 bits per heavy atom. The van der Waals surface area contributed by atoms with E-state index in [9.17, 15) is 9.59 Å². The molecule has 26 heavy (non-hydrogen) atoms. The number of rotatable bonds is 5. The number of carbonyl (C=O) groups excluding carboxylic acids is 2. The molecule has 134 valence electrons. The summed E-state index contributed by atoms with van der Waals surface area (Å²) in [6.45, 7) is 0.155. The van der Waals surface area contributed by atoms with Crippen molar-refractivity contribution in [3.8, 4) is 0 Å². The predicted molar refractivity (Wildman–Crippen MR) is 116 cm³/mol. The fourth-order valence-electron chi connectivity index (χ4n) is 2.39. The first-order chi connectivity index (χ1) is 12.4. The largest absolute Gasteiger partial charge is 0.378 e. The quantitative estimate of drug-likeness (QED) is 0.507. The lowest BCUT2D eigenvalue weighted by Gasteiger charge is -2.14. The number of nitrogens with zero attached hydrogens (tertiary/aromatic N) is 2. The maximum atomic E-state index is 12.5. The van der Waals surface area contributed by atoms with Gasteiger partial charge in [-0.25, -0.2) is 0 Å². The summed E-state index contributed by atoms with van der Waals surface area (Å²) in [6, 6.07) is 15.6. The average Bonchev–Trinajstić information content (AvgIpc) is 2.88. The molecule has 2 aromatic carbocycles. The zero-order valence-electron chi connectivity index (χ0n) is 14.4. The number of nitrogens with one attached hydrogen (secondary N) is 1. The molecule has 5 nitrogen and oxygen atoms in total. The summed E-state index contributed by atoms with van der Waals surface area (Å²) in [5, 5.41) is 2.85. The van der Waals surface area contributed by atoms with E-state index in [0.717, 1.165) is 32.3 Å². The molecule has 0 atom stereocenters. The van der Waals surface area contributed by atoms with Crippen LogP contribution >= 0.6 is 34.4 Å². The standard InChI is InChI=1S/C19H18IN3O2S/c1-22(2)16-9-3-13(4-10-16)11-17-18(24)23(19(25)26-17)12-21-15-7-5-14(20)6-8-15/h3-11,21H,12H2,1-2H3/b17-11-. The van der Waals surface area contributed by atoms with E-state index in [0.29, 0.717) is 4.91 Å². The molecule has 2 aromatic rings. The van der Waals surface area contributed by atoms with Gasteiger partial charge in [-0.3, -0.25) is 14.5 Å². The molecule has 1 N–H and O–H groups in total. The number of hydrogen-bond donors (Lipinski definition) is 1. The zero-order valence-corrected chi connectivity index (χ0v) is 17.4. The van der Waals surface area contributed by atoms with E-state index in [4.69, 9.17) is 0 Å². The topological polar surface area (TPSA) is 52.7 Å². The molecule has 0 aliphatic carbocycles. The van der Waals surface area contributed by atoms with Gasteiger partial charge in [0.05, 0.1) is 11.6 Å². The Labute approximate surface area is 170 Å². The average molecular weight is 479 g/mol. The highest BCUT2D eigenvalue weighted by Gasteiger charge is 2.34. The fraction of sp³-hybridized carbons (Fsp3) is 0.158. The number of thioether (sulfide) groups is 1. The maximum Gasteiger partial charge on any atom is 0.295 e. The number of hydrogen-bond acceptors (Lipinski definition) is 5. The number of amides is 2. The minimum Gasteiger partial charge on any atom is -0.378 e. The van der Waals surface area contributed by atoms with Gasteiger partial charge in [0.15, 0.2) is 0 Å². The first-order valence-corrected chi connectivity index (χ1v) is 9.86. The zero-order chi connectivity index (χ0) is 18.7. The molecule has 0 spiro atoms. The normalized spacial score (nSPS) is 15.7. The molecule has 2 amide bonds. The smallest absolute Gasteiger partial charge is 0.295 e. The Balaban J connectivity index is 1.68. The lowest BCUT2D eigenvalue weighted by Crippen LogP contribution is -2.33. The highest BCUT2D eigenvalue weighted by atomic mass is 127. The van der Waals surface area contributed by atoms with E-state index < -0.39 is 0 Å². The Bertz CT molecular complexity index is 848. The summed E-state index contributed by atoms with van der Waals surface area (Å²) in [4.78, 5) is 28.4. The van der Waals surface area contributed by atoms with Crippen LogP contribution in [0.25, 0.3) is 6.08 Å². The van der Waals surface area contributed by atoms with E-state index in [2.05, 4.69) is 27.9 Å². The molecular weight excluding hydrogens is 461 g/mol.